The molecule has 0 fully saturated rings. The SMILES string of the molecule is CN(C)CCCc1cn(C(O)CO)c2ccccc12. The first-order valence-electron chi connectivity index (χ1n) is 6.65. The number of hydrogen-bond acceptors (Lipinski definition) is 3. The minimum atomic E-state index is -0.868. The molecular formula is C15H22N2O2. The Kier molecular flexibility index (Phi) is 4.58. The summed E-state index contributed by atoms with van der Waals surface area (Å²) >= 11 is 0. The highest BCUT2D eigenvalue weighted by molar-refractivity contribution is 5.84. The molecule has 0 aliphatic carbocycles. The number of para-hydroxylation sites is 1. The topological polar surface area (TPSA) is 48.6 Å². The molecule has 0 aliphatic heterocycles. The molecular weight excluding hydrogens is 240 g/mol. The van der Waals surface area contributed by atoms with Crippen LogP contribution in [0.2, 0.25) is 0 Å². The fourth-order valence-electron chi connectivity index (χ4n) is 2.40. The number of fused-ring (bicyclic) bond motifs is 1. The van der Waals surface area contributed by atoms with E-state index < -0.39 is 6.23 Å². The van der Waals surface area contributed by atoms with Gasteiger partial charge in [0.2, 0.25) is 0 Å². The summed E-state index contributed by atoms with van der Waals surface area (Å²) in [4.78, 5) is 2.17. The largest absolute Gasteiger partial charge is 0.392 e. The predicted molar refractivity (Wildman–Crippen MR) is 77.2 cm³/mol. The van der Waals surface area contributed by atoms with E-state index in [0.717, 1.165) is 30.3 Å². The summed E-state index contributed by atoms with van der Waals surface area (Å²) in [5, 5.41) is 20.1. The van der Waals surface area contributed by atoms with Crippen molar-refractivity contribution >= 4 is 10.9 Å². The van der Waals surface area contributed by atoms with E-state index in [-0.39, 0.29) is 6.61 Å². The lowest BCUT2D eigenvalue weighted by atomic mass is 10.1. The minimum Gasteiger partial charge on any atom is -0.392 e. The molecule has 1 aromatic heterocycles. The third kappa shape index (κ3) is 3.15. The van der Waals surface area contributed by atoms with Gasteiger partial charge in [0.15, 0.2) is 6.23 Å². The van der Waals surface area contributed by atoms with E-state index >= 15 is 0 Å². The van der Waals surface area contributed by atoms with Gasteiger partial charge in [-0.3, -0.25) is 0 Å². The van der Waals surface area contributed by atoms with E-state index in [9.17, 15) is 5.11 Å². The molecule has 0 aliphatic rings. The van der Waals surface area contributed by atoms with Crippen LogP contribution in [0.1, 0.15) is 18.2 Å². The van der Waals surface area contributed by atoms with Gasteiger partial charge in [-0.15, -0.1) is 0 Å². The summed E-state index contributed by atoms with van der Waals surface area (Å²) < 4.78 is 1.75. The summed E-state index contributed by atoms with van der Waals surface area (Å²) in [5.74, 6) is 0. The number of aliphatic hydroxyl groups excluding tert-OH is 2. The van der Waals surface area contributed by atoms with Crippen molar-refractivity contribution in [2.45, 2.75) is 19.1 Å². The normalized spacial score (nSPS) is 13.3. The Bertz CT molecular complexity index is 534. The summed E-state index contributed by atoms with van der Waals surface area (Å²) in [7, 11) is 4.14. The predicted octanol–water partition coefficient (Wildman–Crippen LogP) is 1.62. The van der Waals surface area contributed by atoms with Crippen LogP contribution in [0.25, 0.3) is 10.9 Å². The molecule has 2 aromatic rings. The van der Waals surface area contributed by atoms with Crippen molar-refractivity contribution in [3.63, 3.8) is 0 Å². The van der Waals surface area contributed by atoms with Crippen molar-refractivity contribution in [2.75, 3.05) is 27.2 Å². The molecule has 1 atom stereocenters. The highest BCUT2D eigenvalue weighted by Crippen LogP contribution is 2.24. The Hall–Kier alpha value is -1.36. The Labute approximate surface area is 113 Å². The Morgan fingerprint density at radius 3 is 2.68 bits per heavy atom. The highest BCUT2D eigenvalue weighted by atomic mass is 16.3. The van der Waals surface area contributed by atoms with Gasteiger partial charge in [-0.1, -0.05) is 18.2 Å². The molecule has 2 rings (SSSR count). The maximum Gasteiger partial charge on any atom is 0.154 e. The Morgan fingerprint density at radius 2 is 2.00 bits per heavy atom. The second-order valence-corrected chi connectivity index (χ2v) is 5.15. The number of aromatic nitrogens is 1. The van der Waals surface area contributed by atoms with Crippen molar-refractivity contribution in [2.24, 2.45) is 0 Å². The van der Waals surface area contributed by atoms with E-state index in [0.29, 0.717) is 0 Å². The van der Waals surface area contributed by atoms with Gasteiger partial charge >= 0.3 is 0 Å². The fourth-order valence-corrected chi connectivity index (χ4v) is 2.40. The number of hydrogen-bond donors (Lipinski definition) is 2. The van der Waals surface area contributed by atoms with Crippen molar-refractivity contribution in [3.8, 4) is 0 Å². The van der Waals surface area contributed by atoms with Crippen LogP contribution in [0, 0.1) is 0 Å². The average Bonchev–Trinajstić information content (AvgIpc) is 2.77. The summed E-state index contributed by atoms with van der Waals surface area (Å²) in [5.41, 5.74) is 2.20. The van der Waals surface area contributed by atoms with Crippen molar-refractivity contribution in [3.05, 3.63) is 36.0 Å². The molecule has 4 nitrogen and oxygen atoms in total. The minimum absolute atomic E-state index is 0.268. The zero-order chi connectivity index (χ0) is 13.8. The van der Waals surface area contributed by atoms with Gasteiger partial charge < -0.3 is 19.7 Å². The molecule has 19 heavy (non-hydrogen) atoms. The maximum atomic E-state index is 9.86. The molecule has 4 heteroatoms. The first-order valence-corrected chi connectivity index (χ1v) is 6.65. The van der Waals surface area contributed by atoms with E-state index in [1.165, 1.54) is 5.56 Å². The van der Waals surface area contributed by atoms with Crippen LogP contribution in [-0.4, -0.2) is 46.9 Å². The van der Waals surface area contributed by atoms with E-state index in [2.05, 4.69) is 25.1 Å². The molecule has 1 unspecified atom stereocenters. The Morgan fingerprint density at radius 1 is 1.26 bits per heavy atom. The lowest BCUT2D eigenvalue weighted by Crippen LogP contribution is -2.13. The van der Waals surface area contributed by atoms with Gasteiger partial charge in [-0.2, -0.15) is 0 Å². The lowest BCUT2D eigenvalue weighted by Gasteiger charge is -2.10. The van der Waals surface area contributed by atoms with Gasteiger partial charge in [0, 0.05) is 11.6 Å². The fraction of sp³-hybridized carbons (Fsp3) is 0.467. The van der Waals surface area contributed by atoms with Gasteiger partial charge in [0.05, 0.1) is 12.1 Å². The maximum absolute atomic E-state index is 9.86. The van der Waals surface area contributed by atoms with E-state index in [4.69, 9.17) is 5.11 Å². The number of benzene rings is 1. The van der Waals surface area contributed by atoms with Crippen molar-refractivity contribution in [1.29, 1.82) is 0 Å². The molecule has 0 spiro atoms. The molecule has 0 saturated heterocycles. The lowest BCUT2D eigenvalue weighted by molar-refractivity contribution is 0.0426. The second kappa shape index (κ2) is 6.19. The van der Waals surface area contributed by atoms with E-state index in [1.54, 1.807) is 4.57 Å². The molecule has 104 valence electrons. The van der Waals surface area contributed by atoms with Crippen LogP contribution in [-0.2, 0) is 6.42 Å². The molecule has 0 radical (unpaired) electrons. The summed E-state index contributed by atoms with van der Waals surface area (Å²) in [6, 6.07) is 8.00. The zero-order valence-electron chi connectivity index (χ0n) is 11.6. The molecule has 0 saturated carbocycles. The number of aryl methyl sites for hydroxylation is 1. The monoisotopic (exact) mass is 262 g/mol. The third-order valence-corrected chi connectivity index (χ3v) is 3.36. The first kappa shape index (κ1) is 14.1. The highest BCUT2D eigenvalue weighted by Gasteiger charge is 2.12. The molecule has 1 aromatic carbocycles. The molecule has 0 amide bonds. The van der Waals surface area contributed by atoms with Crippen molar-refractivity contribution < 1.29 is 10.2 Å². The van der Waals surface area contributed by atoms with Gasteiger partial charge in [0.25, 0.3) is 0 Å². The van der Waals surface area contributed by atoms with Gasteiger partial charge in [0.1, 0.15) is 0 Å². The average molecular weight is 262 g/mol. The van der Waals surface area contributed by atoms with Crippen LogP contribution < -0.4 is 0 Å². The van der Waals surface area contributed by atoms with Crippen LogP contribution in [0.3, 0.4) is 0 Å². The van der Waals surface area contributed by atoms with Gasteiger partial charge in [-0.25, -0.2) is 0 Å². The third-order valence-electron chi connectivity index (χ3n) is 3.36. The van der Waals surface area contributed by atoms with Crippen LogP contribution in [0.15, 0.2) is 30.5 Å². The quantitative estimate of drug-likeness (QED) is 0.831. The number of rotatable bonds is 6. The van der Waals surface area contributed by atoms with Crippen LogP contribution >= 0.6 is 0 Å². The standard InChI is InChI=1S/C15H22N2O2/c1-16(2)9-5-6-12-10-17(15(19)11-18)14-8-4-3-7-13(12)14/h3-4,7-8,10,15,18-19H,5-6,9,11H2,1-2H3. The first-order chi connectivity index (χ1) is 9.13. The second-order valence-electron chi connectivity index (χ2n) is 5.15. The molecule has 0 bridgehead atoms. The Balaban J connectivity index is 2.28. The van der Waals surface area contributed by atoms with E-state index in [1.807, 2.05) is 24.4 Å². The van der Waals surface area contributed by atoms with Crippen LogP contribution in [0.5, 0.6) is 0 Å². The summed E-state index contributed by atoms with van der Waals surface area (Å²) in [6.45, 7) is 0.776. The molecule has 2 N–H and O–H groups in total. The smallest absolute Gasteiger partial charge is 0.154 e. The number of nitrogens with zero attached hydrogens (tertiary/aromatic N) is 2. The van der Waals surface area contributed by atoms with Crippen molar-refractivity contribution in [1.82, 2.24) is 9.47 Å². The summed E-state index contributed by atoms with van der Waals surface area (Å²) in [6.07, 6.45) is 3.15. The van der Waals surface area contributed by atoms with Gasteiger partial charge in [-0.05, 0) is 45.1 Å². The number of aliphatic hydroxyl groups is 2. The van der Waals surface area contributed by atoms with Crippen LogP contribution in [0.4, 0.5) is 0 Å². The molecule has 1 heterocycles. The zero-order valence-corrected chi connectivity index (χ0v) is 11.6.